The molecule has 26 heavy (non-hydrogen) atoms. The Hall–Kier alpha value is -2.18. The normalized spacial score (nSPS) is 18.5. The molecular weight excluding hydrogens is 328 g/mol. The maximum absolute atomic E-state index is 13.2. The van der Waals surface area contributed by atoms with E-state index >= 15 is 0 Å². The fourth-order valence-electron chi connectivity index (χ4n) is 3.67. The second kappa shape index (κ2) is 8.47. The van der Waals surface area contributed by atoms with E-state index in [0.717, 1.165) is 18.7 Å². The molecule has 0 aliphatic carbocycles. The van der Waals surface area contributed by atoms with Crippen LogP contribution in [0.4, 0.5) is 0 Å². The number of aliphatic hydroxyl groups is 1. The van der Waals surface area contributed by atoms with Crippen molar-refractivity contribution in [2.24, 2.45) is 5.92 Å². The fraction of sp³-hybridized carbons (Fsp3) is 0.500. The summed E-state index contributed by atoms with van der Waals surface area (Å²) < 4.78 is 0. The van der Waals surface area contributed by atoms with Crippen LogP contribution in [0.1, 0.15) is 30.6 Å². The van der Waals surface area contributed by atoms with Crippen LogP contribution in [0, 0.1) is 5.92 Å². The molecule has 1 aliphatic rings. The average molecular weight is 356 g/mol. The Morgan fingerprint density at radius 1 is 1.35 bits per heavy atom. The summed E-state index contributed by atoms with van der Waals surface area (Å²) in [6, 6.07) is 7.80. The predicted octanol–water partition coefficient (Wildman–Crippen LogP) is 2.24. The summed E-state index contributed by atoms with van der Waals surface area (Å²) in [4.78, 5) is 24.9. The van der Waals surface area contributed by atoms with Gasteiger partial charge in [0.1, 0.15) is 5.82 Å². The smallest absolute Gasteiger partial charge is 0.254 e. The SMILES string of the molecule is CC(C)CN1CCN(C(=O)c2ccccc2-c2ncc[nH]2)C[C@H]1CCO. The largest absolute Gasteiger partial charge is 0.396 e. The number of rotatable bonds is 6. The van der Waals surface area contributed by atoms with E-state index in [2.05, 4.69) is 28.7 Å². The van der Waals surface area contributed by atoms with Gasteiger partial charge in [0.05, 0.1) is 5.56 Å². The Kier molecular flexibility index (Phi) is 6.06. The van der Waals surface area contributed by atoms with Gasteiger partial charge in [-0.05, 0) is 18.4 Å². The molecule has 0 radical (unpaired) electrons. The molecule has 1 aliphatic heterocycles. The summed E-state index contributed by atoms with van der Waals surface area (Å²) in [7, 11) is 0. The molecule has 0 spiro atoms. The minimum absolute atomic E-state index is 0.0316. The third-order valence-corrected chi connectivity index (χ3v) is 4.86. The highest BCUT2D eigenvalue weighted by molar-refractivity contribution is 6.00. The number of aromatic nitrogens is 2. The number of imidazole rings is 1. The molecule has 0 saturated carbocycles. The first kappa shape index (κ1) is 18.6. The lowest BCUT2D eigenvalue weighted by atomic mass is 10.0. The fourth-order valence-corrected chi connectivity index (χ4v) is 3.67. The second-order valence-corrected chi connectivity index (χ2v) is 7.29. The zero-order chi connectivity index (χ0) is 18.5. The summed E-state index contributed by atoms with van der Waals surface area (Å²) >= 11 is 0. The number of aromatic amines is 1. The van der Waals surface area contributed by atoms with Crippen LogP contribution < -0.4 is 0 Å². The van der Waals surface area contributed by atoms with Crippen LogP contribution in [0.2, 0.25) is 0 Å². The van der Waals surface area contributed by atoms with Crippen LogP contribution in [-0.4, -0.2) is 69.6 Å². The van der Waals surface area contributed by atoms with Gasteiger partial charge in [-0.25, -0.2) is 4.98 Å². The molecule has 1 aromatic heterocycles. The van der Waals surface area contributed by atoms with Crippen molar-refractivity contribution in [2.45, 2.75) is 26.3 Å². The van der Waals surface area contributed by atoms with Gasteiger partial charge in [0.15, 0.2) is 0 Å². The number of H-pyrrole nitrogens is 1. The van der Waals surface area contributed by atoms with Gasteiger partial charge in [-0.3, -0.25) is 9.69 Å². The molecule has 1 saturated heterocycles. The Bertz CT molecular complexity index is 714. The van der Waals surface area contributed by atoms with E-state index in [1.54, 1.807) is 12.4 Å². The first-order chi connectivity index (χ1) is 12.6. The van der Waals surface area contributed by atoms with Crippen molar-refractivity contribution in [3.63, 3.8) is 0 Å². The molecule has 2 N–H and O–H groups in total. The molecule has 1 aromatic carbocycles. The highest BCUT2D eigenvalue weighted by Gasteiger charge is 2.30. The van der Waals surface area contributed by atoms with Gasteiger partial charge in [-0.15, -0.1) is 0 Å². The maximum atomic E-state index is 13.2. The molecule has 3 rings (SSSR count). The van der Waals surface area contributed by atoms with E-state index < -0.39 is 0 Å². The van der Waals surface area contributed by atoms with Crippen LogP contribution >= 0.6 is 0 Å². The molecule has 6 heteroatoms. The lowest BCUT2D eigenvalue weighted by Crippen LogP contribution is -2.55. The van der Waals surface area contributed by atoms with E-state index in [4.69, 9.17) is 0 Å². The molecule has 0 bridgehead atoms. The van der Waals surface area contributed by atoms with Crippen molar-refractivity contribution >= 4 is 5.91 Å². The zero-order valence-corrected chi connectivity index (χ0v) is 15.6. The Balaban J connectivity index is 1.79. The number of nitrogens with zero attached hydrogens (tertiary/aromatic N) is 3. The first-order valence-electron chi connectivity index (χ1n) is 9.33. The Morgan fingerprint density at radius 3 is 2.85 bits per heavy atom. The number of piperazine rings is 1. The number of aliphatic hydroxyl groups excluding tert-OH is 1. The molecule has 6 nitrogen and oxygen atoms in total. The van der Waals surface area contributed by atoms with Crippen molar-refractivity contribution in [1.82, 2.24) is 19.8 Å². The van der Waals surface area contributed by atoms with Gasteiger partial charge >= 0.3 is 0 Å². The highest BCUT2D eigenvalue weighted by atomic mass is 16.3. The van der Waals surface area contributed by atoms with E-state index in [0.29, 0.717) is 36.8 Å². The van der Waals surface area contributed by atoms with Crippen LogP contribution in [0.25, 0.3) is 11.4 Å². The van der Waals surface area contributed by atoms with E-state index in [-0.39, 0.29) is 18.6 Å². The lowest BCUT2D eigenvalue weighted by molar-refractivity contribution is 0.0385. The molecular formula is C20H28N4O2. The number of carbonyl (C=O) groups excluding carboxylic acids is 1. The Labute approximate surface area is 154 Å². The van der Waals surface area contributed by atoms with Crippen LogP contribution in [0.15, 0.2) is 36.7 Å². The molecule has 140 valence electrons. The molecule has 1 atom stereocenters. The standard InChI is InChI=1S/C20H28N4O2/c1-15(2)13-23-10-11-24(14-16(23)7-12-25)20(26)18-6-4-3-5-17(18)19-21-8-9-22-19/h3-6,8-9,15-16,25H,7,10-14H2,1-2H3,(H,21,22)/t16-/m1/s1. The van der Waals surface area contributed by atoms with Gasteiger partial charge in [0.2, 0.25) is 0 Å². The van der Waals surface area contributed by atoms with Gasteiger partial charge in [-0.1, -0.05) is 32.0 Å². The lowest BCUT2D eigenvalue weighted by Gasteiger charge is -2.42. The number of hydrogen-bond acceptors (Lipinski definition) is 4. The van der Waals surface area contributed by atoms with E-state index in [1.165, 1.54) is 0 Å². The van der Waals surface area contributed by atoms with Crippen molar-refractivity contribution < 1.29 is 9.90 Å². The molecule has 2 aromatic rings. The molecule has 0 unspecified atom stereocenters. The summed E-state index contributed by atoms with van der Waals surface area (Å²) in [6.45, 7) is 7.75. The van der Waals surface area contributed by atoms with Crippen molar-refractivity contribution in [2.75, 3.05) is 32.8 Å². The first-order valence-corrected chi connectivity index (χ1v) is 9.33. The number of amides is 1. The maximum Gasteiger partial charge on any atom is 0.254 e. The molecule has 1 amide bonds. The monoisotopic (exact) mass is 356 g/mol. The van der Waals surface area contributed by atoms with Crippen LogP contribution in [0.5, 0.6) is 0 Å². The minimum Gasteiger partial charge on any atom is -0.396 e. The van der Waals surface area contributed by atoms with Gasteiger partial charge < -0.3 is 15.0 Å². The summed E-state index contributed by atoms with van der Waals surface area (Å²) in [5.41, 5.74) is 1.49. The second-order valence-electron chi connectivity index (χ2n) is 7.29. The van der Waals surface area contributed by atoms with Gasteiger partial charge in [0.25, 0.3) is 5.91 Å². The number of carbonyl (C=O) groups is 1. The summed E-state index contributed by atoms with van der Waals surface area (Å²) in [5.74, 6) is 1.31. The third kappa shape index (κ3) is 4.14. The molecule has 2 heterocycles. The summed E-state index contributed by atoms with van der Waals surface area (Å²) in [6.07, 6.45) is 4.15. The topological polar surface area (TPSA) is 72.5 Å². The van der Waals surface area contributed by atoms with Crippen molar-refractivity contribution in [3.8, 4) is 11.4 Å². The predicted molar refractivity (Wildman–Crippen MR) is 102 cm³/mol. The zero-order valence-electron chi connectivity index (χ0n) is 15.6. The third-order valence-electron chi connectivity index (χ3n) is 4.86. The summed E-state index contributed by atoms with van der Waals surface area (Å²) in [5, 5.41) is 9.44. The highest BCUT2D eigenvalue weighted by Crippen LogP contribution is 2.23. The van der Waals surface area contributed by atoms with E-state index in [1.807, 2.05) is 29.2 Å². The van der Waals surface area contributed by atoms with Crippen molar-refractivity contribution in [3.05, 3.63) is 42.2 Å². The van der Waals surface area contributed by atoms with Crippen LogP contribution in [-0.2, 0) is 0 Å². The number of hydrogen-bond donors (Lipinski definition) is 2. The Morgan fingerprint density at radius 2 is 2.15 bits per heavy atom. The van der Waals surface area contributed by atoms with Crippen LogP contribution in [0.3, 0.4) is 0 Å². The average Bonchev–Trinajstić information content (AvgIpc) is 3.17. The number of benzene rings is 1. The molecule has 1 fully saturated rings. The van der Waals surface area contributed by atoms with E-state index in [9.17, 15) is 9.90 Å². The quantitative estimate of drug-likeness (QED) is 0.833. The van der Waals surface area contributed by atoms with Gasteiger partial charge in [-0.2, -0.15) is 0 Å². The number of nitrogens with one attached hydrogen (secondary N) is 1. The van der Waals surface area contributed by atoms with Crippen molar-refractivity contribution in [1.29, 1.82) is 0 Å². The van der Waals surface area contributed by atoms with Gasteiger partial charge in [0, 0.05) is 56.8 Å². The minimum atomic E-state index is 0.0316.